The number of rotatable bonds is 3. The van der Waals surface area contributed by atoms with Gasteiger partial charge in [-0.15, -0.1) is 0 Å². The third kappa shape index (κ3) is 2.87. The highest BCUT2D eigenvalue weighted by atomic mass is 32.2. The standard InChI is InChI=1S/C13H10F2N2S/c14-11-4-3-5-12(15)10(11)7-9-18(16)13-6-1-2-8-17-13/h1-9,16H/b9-7+. The Morgan fingerprint density at radius 1 is 1.06 bits per heavy atom. The topological polar surface area (TPSA) is 36.7 Å². The summed E-state index contributed by atoms with van der Waals surface area (Å²) in [6.45, 7) is 0. The van der Waals surface area contributed by atoms with Gasteiger partial charge in [0.15, 0.2) is 0 Å². The van der Waals surface area contributed by atoms with Gasteiger partial charge in [0.05, 0.1) is 0 Å². The van der Waals surface area contributed by atoms with Crippen molar-refractivity contribution in [2.45, 2.75) is 5.03 Å². The number of nitrogens with one attached hydrogen (secondary N) is 1. The van der Waals surface area contributed by atoms with Crippen molar-refractivity contribution < 1.29 is 8.78 Å². The molecule has 0 radical (unpaired) electrons. The van der Waals surface area contributed by atoms with E-state index in [9.17, 15) is 8.78 Å². The molecule has 2 rings (SSSR count). The summed E-state index contributed by atoms with van der Waals surface area (Å²) in [4.78, 5) is 4.02. The van der Waals surface area contributed by atoms with Crippen LogP contribution in [0.25, 0.3) is 6.08 Å². The smallest absolute Gasteiger partial charge is 0.133 e. The van der Waals surface area contributed by atoms with Crippen LogP contribution in [-0.2, 0) is 10.7 Å². The van der Waals surface area contributed by atoms with Gasteiger partial charge in [-0.2, -0.15) is 0 Å². The minimum Gasteiger partial charge on any atom is -0.270 e. The summed E-state index contributed by atoms with van der Waals surface area (Å²) in [5.41, 5.74) is -0.127. The first kappa shape index (κ1) is 12.6. The van der Waals surface area contributed by atoms with Crippen LogP contribution in [0.15, 0.2) is 53.0 Å². The number of hydrogen-bond acceptors (Lipinski definition) is 2. The Bertz CT molecular complexity index is 577. The quantitative estimate of drug-likeness (QED) is 0.900. The molecule has 0 spiro atoms. The molecule has 0 bridgehead atoms. The molecule has 0 fully saturated rings. The summed E-state index contributed by atoms with van der Waals surface area (Å²) >= 11 is 0. The van der Waals surface area contributed by atoms with E-state index in [4.69, 9.17) is 4.78 Å². The van der Waals surface area contributed by atoms with E-state index in [0.717, 1.165) is 0 Å². The number of pyridine rings is 1. The number of nitrogens with zero attached hydrogens (tertiary/aromatic N) is 1. The highest BCUT2D eigenvalue weighted by molar-refractivity contribution is 7.89. The van der Waals surface area contributed by atoms with Crippen LogP contribution < -0.4 is 0 Å². The summed E-state index contributed by atoms with van der Waals surface area (Å²) in [6.07, 6.45) is 2.87. The monoisotopic (exact) mass is 264 g/mol. The molecule has 2 aromatic rings. The Morgan fingerprint density at radius 2 is 1.78 bits per heavy atom. The first-order chi connectivity index (χ1) is 8.68. The summed E-state index contributed by atoms with van der Waals surface area (Å²) in [5.74, 6) is -1.27. The van der Waals surface area contributed by atoms with E-state index in [1.165, 1.54) is 29.7 Å². The van der Waals surface area contributed by atoms with E-state index in [1.54, 1.807) is 24.4 Å². The molecule has 0 amide bonds. The fourth-order valence-corrected chi connectivity index (χ4v) is 2.16. The Balaban J connectivity index is 2.24. The predicted octanol–water partition coefficient (Wildman–Crippen LogP) is 3.77. The maximum Gasteiger partial charge on any atom is 0.133 e. The van der Waals surface area contributed by atoms with Gasteiger partial charge in [0.25, 0.3) is 0 Å². The van der Waals surface area contributed by atoms with E-state index in [2.05, 4.69) is 4.98 Å². The van der Waals surface area contributed by atoms with E-state index < -0.39 is 22.3 Å². The van der Waals surface area contributed by atoms with Crippen LogP contribution in [-0.4, -0.2) is 4.98 Å². The second-order valence-electron chi connectivity index (χ2n) is 3.44. The van der Waals surface area contributed by atoms with Crippen molar-refractivity contribution in [3.8, 4) is 0 Å². The van der Waals surface area contributed by atoms with Crippen molar-refractivity contribution in [2.75, 3.05) is 0 Å². The molecule has 92 valence electrons. The van der Waals surface area contributed by atoms with Crippen LogP contribution in [0.3, 0.4) is 0 Å². The third-order valence-electron chi connectivity index (χ3n) is 2.23. The maximum atomic E-state index is 13.3. The summed E-state index contributed by atoms with van der Waals surface area (Å²) in [7, 11) is -1.03. The number of hydrogen-bond donors (Lipinski definition) is 1. The zero-order valence-corrected chi connectivity index (χ0v) is 10.1. The average Bonchev–Trinajstić information content (AvgIpc) is 2.39. The third-order valence-corrected chi connectivity index (χ3v) is 3.33. The molecule has 1 aromatic carbocycles. The fraction of sp³-hybridized carbons (Fsp3) is 0. The first-order valence-electron chi connectivity index (χ1n) is 5.16. The second-order valence-corrected chi connectivity index (χ2v) is 4.81. The summed E-state index contributed by atoms with van der Waals surface area (Å²) < 4.78 is 34.5. The molecule has 0 saturated heterocycles. The zero-order chi connectivity index (χ0) is 13.0. The molecule has 0 saturated carbocycles. The summed E-state index contributed by atoms with van der Waals surface area (Å²) in [6, 6.07) is 8.91. The van der Waals surface area contributed by atoms with Crippen LogP contribution in [0.5, 0.6) is 0 Å². The highest BCUT2D eigenvalue weighted by Crippen LogP contribution is 2.15. The molecular formula is C13H10F2N2S. The van der Waals surface area contributed by atoms with Crippen molar-refractivity contribution >= 4 is 16.8 Å². The number of aromatic nitrogens is 1. The van der Waals surface area contributed by atoms with E-state index >= 15 is 0 Å². The second kappa shape index (κ2) is 5.64. The Kier molecular flexibility index (Phi) is 3.94. The van der Waals surface area contributed by atoms with Crippen LogP contribution in [0, 0.1) is 16.4 Å². The minimum absolute atomic E-state index is 0.127. The Hall–Kier alpha value is -1.88. The lowest BCUT2D eigenvalue weighted by molar-refractivity contribution is 0.579. The molecule has 1 unspecified atom stereocenters. The lowest BCUT2D eigenvalue weighted by atomic mass is 10.2. The molecule has 0 aliphatic heterocycles. The van der Waals surface area contributed by atoms with Crippen molar-refractivity contribution in [3.63, 3.8) is 0 Å². The van der Waals surface area contributed by atoms with Gasteiger partial charge < -0.3 is 0 Å². The fourth-order valence-electron chi connectivity index (χ4n) is 1.35. The molecule has 0 aliphatic carbocycles. The van der Waals surface area contributed by atoms with Gasteiger partial charge >= 0.3 is 0 Å². The Labute approximate surface area is 106 Å². The average molecular weight is 264 g/mol. The molecule has 1 aromatic heterocycles. The molecule has 1 N–H and O–H groups in total. The van der Waals surface area contributed by atoms with Gasteiger partial charge in [-0.05, 0) is 46.4 Å². The van der Waals surface area contributed by atoms with E-state index in [-0.39, 0.29) is 5.56 Å². The van der Waals surface area contributed by atoms with Gasteiger partial charge in [0.2, 0.25) is 0 Å². The number of benzene rings is 1. The van der Waals surface area contributed by atoms with Crippen molar-refractivity contribution in [3.05, 3.63) is 65.2 Å². The van der Waals surface area contributed by atoms with Gasteiger partial charge in [-0.1, -0.05) is 12.1 Å². The van der Waals surface area contributed by atoms with E-state index in [0.29, 0.717) is 5.03 Å². The van der Waals surface area contributed by atoms with Gasteiger partial charge in [-0.3, -0.25) is 4.78 Å². The first-order valence-corrected chi connectivity index (χ1v) is 6.45. The van der Waals surface area contributed by atoms with Crippen LogP contribution in [0.4, 0.5) is 8.78 Å². The van der Waals surface area contributed by atoms with Crippen LogP contribution >= 0.6 is 0 Å². The molecule has 5 heteroatoms. The largest absolute Gasteiger partial charge is 0.270 e. The van der Waals surface area contributed by atoms with Crippen LogP contribution in [0.2, 0.25) is 0 Å². The van der Waals surface area contributed by atoms with Gasteiger partial charge in [0, 0.05) is 11.8 Å². The lowest BCUT2D eigenvalue weighted by Crippen LogP contribution is -1.90. The van der Waals surface area contributed by atoms with Crippen LogP contribution in [0.1, 0.15) is 5.56 Å². The number of halogens is 2. The predicted molar refractivity (Wildman–Crippen MR) is 68.0 cm³/mol. The molecule has 1 heterocycles. The molecule has 2 nitrogen and oxygen atoms in total. The van der Waals surface area contributed by atoms with E-state index in [1.807, 2.05) is 0 Å². The lowest BCUT2D eigenvalue weighted by Gasteiger charge is -2.00. The normalized spacial score (nSPS) is 12.8. The highest BCUT2D eigenvalue weighted by Gasteiger charge is 2.04. The molecule has 1 atom stereocenters. The van der Waals surface area contributed by atoms with Crippen molar-refractivity contribution in [1.82, 2.24) is 4.98 Å². The van der Waals surface area contributed by atoms with Gasteiger partial charge in [-0.25, -0.2) is 13.8 Å². The molecule has 0 aliphatic rings. The Morgan fingerprint density at radius 3 is 2.39 bits per heavy atom. The minimum atomic E-state index is -1.03. The van der Waals surface area contributed by atoms with Crippen molar-refractivity contribution in [2.24, 2.45) is 0 Å². The summed E-state index contributed by atoms with van der Waals surface area (Å²) in [5, 5.41) is 1.99. The SMILES string of the molecule is N=S(/C=C/c1c(F)cccc1F)c1ccccn1. The van der Waals surface area contributed by atoms with Crippen molar-refractivity contribution in [1.29, 1.82) is 4.78 Å². The molecule has 18 heavy (non-hydrogen) atoms. The maximum absolute atomic E-state index is 13.3. The molecular weight excluding hydrogens is 254 g/mol. The van der Waals surface area contributed by atoms with Gasteiger partial charge in [0.1, 0.15) is 16.7 Å². The zero-order valence-electron chi connectivity index (χ0n) is 9.31.